The summed E-state index contributed by atoms with van der Waals surface area (Å²) in [4.78, 5) is 9.58. The van der Waals surface area contributed by atoms with Gasteiger partial charge in [-0.2, -0.15) is 0 Å². The molecule has 1 atom stereocenters. The van der Waals surface area contributed by atoms with Crippen LogP contribution in [-0.4, -0.2) is 42.6 Å². The summed E-state index contributed by atoms with van der Waals surface area (Å²) >= 11 is 0. The number of pyridine rings is 1. The van der Waals surface area contributed by atoms with E-state index in [2.05, 4.69) is 33.8 Å². The molecule has 2 aliphatic rings. The van der Waals surface area contributed by atoms with Crippen LogP contribution in [0.25, 0.3) is 0 Å². The van der Waals surface area contributed by atoms with Gasteiger partial charge < -0.3 is 10.6 Å². The Morgan fingerprint density at radius 1 is 1.25 bits per heavy atom. The average molecular weight is 274 g/mol. The van der Waals surface area contributed by atoms with Gasteiger partial charge in [-0.25, -0.2) is 0 Å². The topological polar surface area (TPSA) is 45.4 Å². The van der Waals surface area contributed by atoms with Gasteiger partial charge in [0.1, 0.15) is 0 Å². The van der Waals surface area contributed by atoms with E-state index < -0.39 is 0 Å². The van der Waals surface area contributed by atoms with E-state index in [0.717, 1.165) is 31.1 Å². The fraction of sp³-hybridized carbons (Fsp3) is 0.688. The van der Waals surface area contributed by atoms with Gasteiger partial charge in [0.25, 0.3) is 0 Å². The molecule has 1 aliphatic carbocycles. The van der Waals surface area contributed by atoms with Crippen molar-refractivity contribution < 1.29 is 0 Å². The van der Waals surface area contributed by atoms with E-state index in [1.54, 1.807) is 0 Å². The van der Waals surface area contributed by atoms with E-state index >= 15 is 0 Å². The van der Waals surface area contributed by atoms with E-state index in [4.69, 9.17) is 5.73 Å². The molecule has 4 heteroatoms. The first kappa shape index (κ1) is 13.8. The van der Waals surface area contributed by atoms with Crippen molar-refractivity contribution in [1.29, 1.82) is 0 Å². The number of nitrogens with two attached hydrogens (primary N) is 1. The predicted molar refractivity (Wildman–Crippen MR) is 82.8 cm³/mol. The minimum atomic E-state index is 0.0689. The number of aromatic nitrogens is 1. The van der Waals surface area contributed by atoms with Gasteiger partial charge in [0.2, 0.25) is 0 Å². The maximum absolute atomic E-state index is 6.01. The molecule has 110 valence electrons. The summed E-state index contributed by atoms with van der Waals surface area (Å²) in [6, 6.07) is 4.33. The molecular formula is C16H26N4. The average Bonchev–Trinajstić information content (AvgIpc) is 3.31. The molecule has 1 aliphatic heterocycles. The summed E-state index contributed by atoms with van der Waals surface area (Å²) in [6.07, 6.45) is 5.82. The Kier molecular flexibility index (Phi) is 4.22. The highest BCUT2D eigenvalue weighted by atomic mass is 15.3. The monoisotopic (exact) mass is 274 g/mol. The van der Waals surface area contributed by atoms with Crippen LogP contribution in [0, 0.1) is 5.92 Å². The quantitative estimate of drug-likeness (QED) is 0.892. The van der Waals surface area contributed by atoms with Gasteiger partial charge in [-0.1, -0.05) is 6.92 Å². The van der Waals surface area contributed by atoms with Crippen molar-refractivity contribution in [3.8, 4) is 0 Å². The van der Waals surface area contributed by atoms with Crippen molar-refractivity contribution in [2.45, 2.75) is 32.2 Å². The van der Waals surface area contributed by atoms with Crippen molar-refractivity contribution >= 4 is 5.69 Å². The number of rotatable bonds is 5. The van der Waals surface area contributed by atoms with Crippen LogP contribution in [0.3, 0.4) is 0 Å². The Morgan fingerprint density at radius 3 is 2.55 bits per heavy atom. The third-order valence-electron chi connectivity index (χ3n) is 4.54. The first-order valence-electron chi connectivity index (χ1n) is 7.95. The second kappa shape index (κ2) is 6.10. The molecule has 2 fully saturated rings. The predicted octanol–water partition coefficient (Wildman–Crippen LogP) is 2.02. The molecule has 0 amide bonds. The Bertz CT molecular complexity index is 419. The normalized spacial score (nSPS) is 22.0. The molecule has 1 saturated carbocycles. The number of nitrogens with zero attached hydrogens (tertiary/aromatic N) is 3. The zero-order chi connectivity index (χ0) is 13.9. The van der Waals surface area contributed by atoms with Crippen LogP contribution in [0.1, 0.15) is 37.9 Å². The summed E-state index contributed by atoms with van der Waals surface area (Å²) in [6.45, 7) is 8.02. The summed E-state index contributed by atoms with van der Waals surface area (Å²) in [7, 11) is 0. The third kappa shape index (κ3) is 3.30. The SMILES string of the molecule is CC[C@H](N)c1ccc(N2CCN(CC3CC3)CC2)cn1. The summed E-state index contributed by atoms with van der Waals surface area (Å²) in [5, 5.41) is 0. The highest BCUT2D eigenvalue weighted by Gasteiger charge is 2.26. The minimum Gasteiger partial charge on any atom is -0.368 e. The molecule has 0 bridgehead atoms. The van der Waals surface area contributed by atoms with Crippen molar-refractivity contribution in [2.75, 3.05) is 37.6 Å². The lowest BCUT2D eigenvalue weighted by atomic mass is 10.1. The van der Waals surface area contributed by atoms with Gasteiger partial charge in [0.15, 0.2) is 0 Å². The Balaban J connectivity index is 1.54. The first-order valence-corrected chi connectivity index (χ1v) is 7.95. The Morgan fingerprint density at radius 2 is 2.00 bits per heavy atom. The molecule has 1 saturated heterocycles. The van der Waals surface area contributed by atoms with Crippen LogP contribution in [0.4, 0.5) is 5.69 Å². The molecule has 1 aromatic rings. The lowest BCUT2D eigenvalue weighted by molar-refractivity contribution is 0.248. The second-order valence-corrected chi connectivity index (χ2v) is 6.19. The van der Waals surface area contributed by atoms with E-state index in [0.29, 0.717) is 0 Å². The van der Waals surface area contributed by atoms with Crippen molar-refractivity contribution in [3.05, 3.63) is 24.0 Å². The fourth-order valence-electron chi connectivity index (χ4n) is 2.87. The van der Waals surface area contributed by atoms with Gasteiger partial charge >= 0.3 is 0 Å². The molecule has 20 heavy (non-hydrogen) atoms. The largest absolute Gasteiger partial charge is 0.368 e. The fourth-order valence-corrected chi connectivity index (χ4v) is 2.87. The van der Waals surface area contributed by atoms with Crippen molar-refractivity contribution in [2.24, 2.45) is 11.7 Å². The zero-order valence-electron chi connectivity index (χ0n) is 12.5. The molecule has 2 N–H and O–H groups in total. The Hall–Kier alpha value is -1.13. The molecule has 2 heterocycles. The lowest BCUT2D eigenvalue weighted by Gasteiger charge is -2.36. The van der Waals surface area contributed by atoms with Gasteiger partial charge in [-0.3, -0.25) is 9.88 Å². The highest BCUT2D eigenvalue weighted by molar-refractivity contribution is 5.45. The second-order valence-electron chi connectivity index (χ2n) is 6.19. The molecule has 1 aromatic heterocycles. The van der Waals surface area contributed by atoms with E-state index in [1.165, 1.54) is 38.2 Å². The standard InChI is InChI=1S/C16H26N4/c1-2-15(17)16-6-5-14(11-18-16)20-9-7-19(8-10-20)12-13-3-4-13/h5-6,11,13,15H,2-4,7-10,12,17H2,1H3/t15-/m0/s1. The van der Waals surface area contributed by atoms with E-state index in [1.807, 2.05) is 6.20 Å². The summed E-state index contributed by atoms with van der Waals surface area (Å²) < 4.78 is 0. The van der Waals surface area contributed by atoms with E-state index in [9.17, 15) is 0 Å². The maximum atomic E-state index is 6.01. The molecule has 4 nitrogen and oxygen atoms in total. The van der Waals surface area contributed by atoms with Crippen LogP contribution < -0.4 is 10.6 Å². The molecule has 0 aromatic carbocycles. The van der Waals surface area contributed by atoms with Crippen LogP contribution in [-0.2, 0) is 0 Å². The molecular weight excluding hydrogens is 248 g/mol. The van der Waals surface area contributed by atoms with Crippen LogP contribution in [0.15, 0.2) is 18.3 Å². The summed E-state index contributed by atoms with van der Waals surface area (Å²) in [5.74, 6) is 0.998. The Labute approximate surface area is 122 Å². The minimum absolute atomic E-state index is 0.0689. The zero-order valence-corrected chi connectivity index (χ0v) is 12.5. The van der Waals surface area contributed by atoms with E-state index in [-0.39, 0.29) is 6.04 Å². The van der Waals surface area contributed by atoms with Gasteiger partial charge in [0.05, 0.1) is 17.6 Å². The first-order chi connectivity index (χ1) is 9.76. The van der Waals surface area contributed by atoms with Crippen molar-refractivity contribution in [1.82, 2.24) is 9.88 Å². The number of hydrogen-bond acceptors (Lipinski definition) is 4. The van der Waals surface area contributed by atoms with Crippen LogP contribution in [0.5, 0.6) is 0 Å². The van der Waals surface area contributed by atoms with Crippen LogP contribution >= 0.6 is 0 Å². The third-order valence-corrected chi connectivity index (χ3v) is 4.54. The maximum Gasteiger partial charge on any atom is 0.0572 e. The van der Waals surface area contributed by atoms with Crippen molar-refractivity contribution in [3.63, 3.8) is 0 Å². The van der Waals surface area contributed by atoms with Gasteiger partial charge in [-0.15, -0.1) is 0 Å². The number of piperazine rings is 1. The number of hydrogen-bond donors (Lipinski definition) is 1. The smallest absolute Gasteiger partial charge is 0.0572 e. The molecule has 0 unspecified atom stereocenters. The van der Waals surface area contributed by atoms with Crippen LogP contribution in [0.2, 0.25) is 0 Å². The highest BCUT2D eigenvalue weighted by Crippen LogP contribution is 2.30. The lowest BCUT2D eigenvalue weighted by Crippen LogP contribution is -2.47. The molecule has 0 radical (unpaired) electrons. The van der Waals surface area contributed by atoms with Gasteiger partial charge in [-0.05, 0) is 37.3 Å². The van der Waals surface area contributed by atoms with Gasteiger partial charge in [0, 0.05) is 38.8 Å². The molecule has 3 rings (SSSR count). The summed E-state index contributed by atoms with van der Waals surface area (Å²) in [5.41, 5.74) is 8.25. The molecule has 0 spiro atoms. The number of anilines is 1.